The lowest BCUT2D eigenvalue weighted by Gasteiger charge is -2.32. The van der Waals surface area contributed by atoms with Crippen LogP contribution in [0.3, 0.4) is 0 Å². The van der Waals surface area contributed by atoms with E-state index in [1.165, 1.54) is 34.2 Å². The van der Waals surface area contributed by atoms with Crippen LogP contribution in [0.5, 0.6) is 0 Å². The molecule has 50 valence electrons. The van der Waals surface area contributed by atoms with Crippen LogP contribution in [0.15, 0.2) is 0 Å². The van der Waals surface area contributed by atoms with Gasteiger partial charge in [-0.25, -0.2) is 0 Å². The van der Waals surface area contributed by atoms with Gasteiger partial charge in [0.2, 0.25) is 10.4 Å². The number of hydrogen-bond acceptors (Lipinski definition) is 0. The molecule has 8 heavy (non-hydrogen) atoms. The van der Waals surface area contributed by atoms with E-state index in [1.54, 1.807) is 0 Å². The molecule has 0 fully saturated rings. The van der Waals surface area contributed by atoms with Gasteiger partial charge in [0.15, 0.2) is 0 Å². The van der Waals surface area contributed by atoms with E-state index in [0.717, 1.165) is 0 Å². The minimum Gasteiger partial charge on any atom is -0.391 e. The van der Waals surface area contributed by atoms with Gasteiger partial charge in [-0.15, -0.1) is 0 Å². The smallest absolute Gasteiger partial charge is 0.239 e. The van der Waals surface area contributed by atoms with Crippen molar-refractivity contribution in [3.05, 3.63) is 0 Å². The van der Waals surface area contributed by atoms with Gasteiger partial charge in [0.05, 0.1) is 19.6 Å². The Morgan fingerprint density at radius 3 is 1.25 bits per heavy atom. The van der Waals surface area contributed by atoms with Crippen molar-refractivity contribution in [3.63, 3.8) is 0 Å². The molecule has 2 heteroatoms. The van der Waals surface area contributed by atoms with Crippen LogP contribution in [-0.4, -0.2) is 34.2 Å². The number of hydrogen-bond donors (Lipinski definition) is 0. The van der Waals surface area contributed by atoms with Gasteiger partial charge in [-0.2, -0.15) is 0 Å². The van der Waals surface area contributed by atoms with Crippen LogP contribution in [0.25, 0.3) is 0 Å². The zero-order valence-electron chi connectivity index (χ0n) is 6.57. The summed E-state index contributed by atoms with van der Waals surface area (Å²) in [5.41, 5.74) is 0. The SMILES string of the molecule is CC[N+]([SiH3])(CC)CC. The molecule has 0 aromatic rings. The summed E-state index contributed by atoms with van der Waals surface area (Å²) in [6.45, 7) is 10.8. The molecular formula is C6H18NSi+. The predicted octanol–water partition coefficient (Wildman–Crippen LogP) is 0.143. The molecule has 0 aliphatic heterocycles. The lowest BCUT2D eigenvalue weighted by atomic mass is 10.5. The molecule has 0 rings (SSSR count). The monoisotopic (exact) mass is 132 g/mol. The van der Waals surface area contributed by atoms with Gasteiger partial charge in [-0.1, -0.05) is 0 Å². The second-order valence-corrected chi connectivity index (χ2v) is 4.47. The molecule has 0 aromatic heterocycles. The van der Waals surface area contributed by atoms with E-state index in [2.05, 4.69) is 20.8 Å². The fraction of sp³-hybridized carbons (Fsp3) is 1.00. The van der Waals surface area contributed by atoms with Gasteiger partial charge >= 0.3 is 0 Å². The topological polar surface area (TPSA) is 0 Å². The van der Waals surface area contributed by atoms with Crippen molar-refractivity contribution in [2.24, 2.45) is 0 Å². The molecule has 0 aliphatic carbocycles. The summed E-state index contributed by atoms with van der Waals surface area (Å²) in [4.78, 5) is 0. The van der Waals surface area contributed by atoms with Gasteiger partial charge < -0.3 is 4.15 Å². The average molecular weight is 132 g/mol. The normalized spacial score (nSPS) is 12.4. The first-order valence-electron chi connectivity index (χ1n) is 3.52. The van der Waals surface area contributed by atoms with Crippen LogP contribution in [0.4, 0.5) is 0 Å². The fourth-order valence-corrected chi connectivity index (χ4v) is 0.671. The second kappa shape index (κ2) is 3.25. The maximum Gasteiger partial charge on any atom is 0.239 e. The van der Waals surface area contributed by atoms with Crippen LogP contribution in [0.2, 0.25) is 0 Å². The van der Waals surface area contributed by atoms with Crippen LogP contribution >= 0.6 is 0 Å². The Morgan fingerprint density at radius 2 is 1.25 bits per heavy atom. The summed E-state index contributed by atoms with van der Waals surface area (Å²) in [5, 5.41) is 0. The Balaban J connectivity index is 3.58. The van der Waals surface area contributed by atoms with Gasteiger partial charge in [0, 0.05) is 0 Å². The minimum atomic E-state index is 1.31. The number of nitrogens with zero attached hydrogens (tertiary/aromatic N) is 1. The fourth-order valence-electron chi connectivity index (χ4n) is 0.671. The predicted molar refractivity (Wildman–Crippen MR) is 41.8 cm³/mol. The van der Waals surface area contributed by atoms with E-state index in [0.29, 0.717) is 0 Å². The third-order valence-electron chi connectivity index (χ3n) is 2.29. The lowest BCUT2D eigenvalue weighted by Crippen LogP contribution is -2.44. The van der Waals surface area contributed by atoms with Crippen molar-refractivity contribution < 1.29 is 4.15 Å². The van der Waals surface area contributed by atoms with Crippen LogP contribution in [-0.2, 0) is 0 Å². The number of quaternary nitrogens is 1. The van der Waals surface area contributed by atoms with Crippen molar-refractivity contribution in [2.75, 3.05) is 19.6 Å². The van der Waals surface area contributed by atoms with E-state index >= 15 is 0 Å². The molecule has 0 heterocycles. The highest BCUT2D eigenvalue weighted by Gasteiger charge is 2.09. The van der Waals surface area contributed by atoms with Crippen molar-refractivity contribution in [1.82, 2.24) is 0 Å². The highest BCUT2D eigenvalue weighted by Crippen LogP contribution is 1.96. The van der Waals surface area contributed by atoms with Gasteiger partial charge in [-0.3, -0.25) is 0 Å². The third kappa shape index (κ3) is 1.97. The molecule has 0 bridgehead atoms. The molecule has 0 aromatic carbocycles. The van der Waals surface area contributed by atoms with E-state index in [9.17, 15) is 0 Å². The Labute approximate surface area is 55.8 Å². The molecular weight excluding hydrogens is 114 g/mol. The average Bonchev–Trinajstić information content (AvgIpc) is 1.87. The van der Waals surface area contributed by atoms with Crippen molar-refractivity contribution in [2.45, 2.75) is 20.8 Å². The molecule has 0 saturated heterocycles. The van der Waals surface area contributed by atoms with Crippen molar-refractivity contribution >= 4 is 10.4 Å². The van der Waals surface area contributed by atoms with E-state index in [1.807, 2.05) is 0 Å². The summed E-state index contributed by atoms with van der Waals surface area (Å²) in [7, 11) is 1.31. The molecule has 0 amide bonds. The first kappa shape index (κ1) is 8.18. The van der Waals surface area contributed by atoms with Gasteiger partial charge in [0.1, 0.15) is 0 Å². The Bertz CT molecular complexity index is 51.3. The zero-order valence-corrected chi connectivity index (χ0v) is 8.57. The molecule has 0 radical (unpaired) electrons. The number of rotatable bonds is 3. The molecule has 0 N–H and O–H groups in total. The summed E-state index contributed by atoms with van der Waals surface area (Å²) in [5.74, 6) is 0. The lowest BCUT2D eigenvalue weighted by molar-refractivity contribution is -0.811. The van der Waals surface area contributed by atoms with Crippen molar-refractivity contribution in [1.29, 1.82) is 0 Å². The highest BCUT2D eigenvalue weighted by atomic mass is 28.2. The summed E-state index contributed by atoms with van der Waals surface area (Å²) < 4.78 is 1.35. The van der Waals surface area contributed by atoms with Crippen LogP contribution < -0.4 is 0 Å². The quantitative estimate of drug-likeness (QED) is 0.479. The third-order valence-corrected chi connectivity index (χ3v) is 4.19. The Kier molecular flexibility index (Phi) is 3.32. The van der Waals surface area contributed by atoms with Crippen LogP contribution in [0.1, 0.15) is 20.8 Å². The molecule has 0 aliphatic rings. The summed E-state index contributed by atoms with van der Waals surface area (Å²) in [6, 6.07) is 0. The molecule has 0 saturated carbocycles. The Hall–Kier alpha value is 0.177. The molecule has 1 nitrogen and oxygen atoms in total. The van der Waals surface area contributed by atoms with Gasteiger partial charge in [0.25, 0.3) is 0 Å². The Morgan fingerprint density at radius 1 is 1.00 bits per heavy atom. The van der Waals surface area contributed by atoms with E-state index in [-0.39, 0.29) is 0 Å². The first-order valence-corrected chi connectivity index (χ1v) is 4.41. The maximum atomic E-state index is 2.28. The zero-order chi connectivity index (χ0) is 6.62. The summed E-state index contributed by atoms with van der Waals surface area (Å²) in [6.07, 6.45) is 0. The largest absolute Gasteiger partial charge is 0.391 e. The first-order chi connectivity index (χ1) is 3.68. The maximum absolute atomic E-state index is 2.28. The van der Waals surface area contributed by atoms with E-state index < -0.39 is 0 Å². The second-order valence-electron chi connectivity index (χ2n) is 2.57. The highest BCUT2D eigenvalue weighted by molar-refractivity contribution is 5.97. The molecule has 0 atom stereocenters. The van der Waals surface area contributed by atoms with E-state index in [4.69, 9.17) is 0 Å². The minimum absolute atomic E-state index is 1.31. The molecule has 0 spiro atoms. The summed E-state index contributed by atoms with van der Waals surface area (Å²) >= 11 is 0. The standard InChI is InChI=1S/C6H18NSi/c1-4-7(8,5-2)6-3/h4-6H2,1-3,8H3/q+1. The van der Waals surface area contributed by atoms with Crippen LogP contribution in [0, 0.1) is 0 Å². The van der Waals surface area contributed by atoms with Crippen molar-refractivity contribution in [3.8, 4) is 0 Å². The molecule has 0 unspecified atom stereocenters. The van der Waals surface area contributed by atoms with Gasteiger partial charge in [-0.05, 0) is 20.8 Å².